The predicted molar refractivity (Wildman–Crippen MR) is 50.8 cm³/mol. The number of anilines is 1. The fourth-order valence-electron chi connectivity index (χ4n) is 1.58. The van der Waals surface area contributed by atoms with Gasteiger partial charge in [0.15, 0.2) is 0 Å². The fraction of sp³-hybridized carbons (Fsp3) is 0.500. The van der Waals surface area contributed by atoms with E-state index in [-0.39, 0.29) is 13.0 Å². The Morgan fingerprint density at radius 1 is 1.43 bits per heavy atom. The van der Waals surface area contributed by atoms with Gasteiger partial charge in [-0.3, -0.25) is 0 Å². The summed E-state index contributed by atoms with van der Waals surface area (Å²) in [6, 6.07) is 3.68. The standard InChI is InChI=1S/C10H12F2N2/c1-8-2-3-9(13-6-8)14-5-4-10(11,12)7-14/h2-3,6H,4-5,7H2,1H3. The normalized spacial score (nSPS) is 20.1. The average Bonchev–Trinajstić information content (AvgIpc) is 2.47. The Morgan fingerprint density at radius 2 is 2.21 bits per heavy atom. The molecule has 0 saturated carbocycles. The molecule has 2 nitrogen and oxygen atoms in total. The molecule has 0 amide bonds. The van der Waals surface area contributed by atoms with Crippen LogP contribution in [0.2, 0.25) is 0 Å². The van der Waals surface area contributed by atoms with E-state index in [9.17, 15) is 8.78 Å². The number of hydrogen-bond acceptors (Lipinski definition) is 2. The SMILES string of the molecule is Cc1ccc(N2CCC(F)(F)C2)nc1. The first-order chi connectivity index (χ1) is 6.57. The van der Waals surface area contributed by atoms with Crippen LogP contribution in [-0.4, -0.2) is 24.0 Å². The maximum Gasteiger partial charge on any atom is 0.266 e. The topological polar surface area (TPSA) is 16.1 Å². The van der Waals surface area contributed by atoms with Gasteiger partial charge in [-0.25, -0.2) is 13.8 Å². The quantitative estimate of drug-likeness (QED) is 0.688. The van der Waals surface area contributed by atoms with Crippen molar-refractivity contribution >= 4 is 5.82 Å². The third-order valence-electron chi connectivity index (χ3n) is 2.39. The molecule has 0 bridgehead atoms. The monoisotopic (exact) mass is 198 g/mol. The van der Waals surface area contributed by atoms with E-state index in [1.165, 1.54) is 0 Å². The number of aromatic nitrogens is 1. The first kappa shape index (κ1) is 9.37. The Kier molecular flexibility index (Phi) is 2.13. The van der Waals surface area contributed by atoms with Gasteiger partial charge in [-0.05, 0) is 18.6 Å². The van der Waals surface area contributed by atoms with Gasteiger partial charge in [0.05, 0.1) is 6.54 Å². The van der Waals surface area contributed by atoms with Crippen molar-refractivity contribution in [2.45, 2.75) is 19.3 Å². The fourth-order valence-corrected chi connectivity index (χ4v) is 1.58. The number of halogens is 2. The molecule has 0 atom stereocenters. The second-order valence-corrected chi connectivity index (χ2v) is 3.72. The number of pyridine rings is 1. The van der Waals surface area contributed by atoms with Gasteiger partial charge in [-0.15, -0.1) is 0 Å². The molecule has 1 aliphatic rings. The zero-order chi connectivity index (χ0) is 10.2. The molecule has 0 aliphatic carbocycles. The second kappa shape index (κ2) is 3.19. The van der Waals surface area contributed by atoms with Crippen molar-refractivity contribution in [2.75, 3.05) is 18.0 Å². The van der Waals surface area contributed by atoms with Crippen LogP contribution in [0.25, 0.3) is 0 Å². The Labute approximate surface area is 81.6 Å². The van der Waals surface area contributed by atoms with Crippen molar-refractivity contribution in [1.82, 2.24) is 4.98 Å². The van der Waals surface area contributed by atoms with E-state index in [0.29, 0.717) is 12.4 Å². The van der Waals surface area contributed by atoms with Crippen molar-refractivity contribution in [2.24, 2.45) is 0 Å². The summed E-state index contributed by atoms with van der Waals surface area (Å²) in [7, 11) is 0. The summed E-state index contributed by atoms with van der Waals surface area (Å²) in [6.07, 6.45) is 1.63. The van der Waals surface area contributed by atoms with Crippen LogP contribution in [0.4, 0.5) is 14.6 Å². The lowest BCUT2D eigenvalue weighted by atomic mass is 10.3. The Balaban J connectivity index is 2.14. The molecule has 1 aromatic heterocycles. The van der Waals surface area contributed by atoms with Gasteiger partial charge < -0.3 is 4.90 Å². The van der Waals surface area contributed by atoms with Crippen molar-refractivity contribution < 1.29 is 8.78 Å². The van der Waals surface area contributed by atoms with E-state index in [1.807, 2.05) is 13.0 Å². The molecule has 0 radical (unpaired) electrons. The minimum absolute atomic E-state index is 0.0669. The summed E-state index contributed by atoms with van der Waals surface area (Å²) < 4.78 is 25.8. The minimum atomic E-state index is -2.55. The number of rotatable bonds is 1. The number of hydrogen-bond donors (Lipinski definition) is 0. The van der Waals surface area contributed by atoms with Crippen LogP contribution in [0, 0.1) is 6.92 Å². The highest BCUT2D eigenvalue weighted by molar-refractivity contribution is 5.40. The molecular formula is C10H12F2N2. The Hall–Kier alpha value is -1.19. The zero-order valence-electron chi connectivity index (χ0n) is 8.00. The molecule has 14 heavy (non-hydrogen) atoms. The molecule has 0 spiro atoms. The number of nitrogens with zero attached hydrogens (tertiary/aromatic N) is 2. The Morgan fingerprint density at radius 3 is 2.71 bits per heavy atom. The first-order valence-corrected chi connectivity index (χ1v) is 4.62. The number of aryl methyl sites for hydroxylation is 1. The molecule has 2 heterocycles. The van der Waals surface area contributed by atoms with Gasteiger partial charge in [0.25, 0.3) is 5.92 Å². The summed E-state index contributed by atoms with van der Waals surface area (Å²) in [5.41, 5.74) is 1.04. The summed E-state index contributed by atoms with van der Waals surface area (Å²) >= 11 is 0. The van der Waals surface area contributed by atoms with E-state index >= 15 is 0 Å². The van der Waals surface area contributed by atoms with E-state index < -0.39 is 5.92 Å². The van der Waals surface area contributed by atoms with Crippen LogP contribution < -0.4 is 4.90 Å². The molecule has 0 N–H and O–H groups in total. The van der Waals surface area contributed by atoms with Crippen LogP contribution in [0.1, 0.15) is 12.0 Å². The first-order valence-electron chi connectivity index (χ1n) is 4.62. The van der Waals surface area contributed by atoms with Gasteiger partial charge in [-0.1, -0.05) is 6.07 Å². The second-order valence-electron chi connectivity index (χ2n) is 3.72. The Bertz CT molecular complexity index is 321. The smallest absolute Gasteiger partial charge is 0.266 e. The predicted octanol–water partition coefficient (Wildman–Crippen LogP) is 2.24. The molecule has 1 aliphatic heterocycles. The lowest BCUT2D eigenvalue weighted by Gasteiger charge is -2.16. The third-order valence-corrected chi connectivity index (χ3v) is 2.39. The largest absolute Gasteiger partial charge is 0.350 e. The van der Waals surface area contributed by atoms with E-state index in [2.05, 4.69) is 4.98 Å². The molecule has 4 heteroatoms. The van der Waals surface area contributed by atoms with Gasteiger partial charge in [0.2, 0.25) is 0 Å². The zero-order valence-corrected chi connectivity index (χ0v) is 8.00. The minimum Gasteiger partial charge on any atom is -0.350 e. The lowest BCUT2D eigenvalue weighted by molar-refractivity contribution is 0.0257. The summed E-state index contributed by atoms with van der Waals surface area (Å²) in [5, 5.41) is 0. The third kappa shape index (κ3) is 1.84. The molecule has 2 rings (SSSR count). The molecule has 1 fully saturated rings. The maximum absolute atomic E-state index is 12.9. The van der Waals surface area contributed by atoms with Crippen LogP contribution in [0.15, 0.2) is 18.3 Å². The average molecular weight is 198 g/mol. The molecule has 76 valence electrons. The van der Waals surface area contributed by atoms with Crippen LogP contribution in [0.3, 0.4) is 0 Å². The highest BCUT2D eigenvalue weighted by atomic mass is 19.3. The highest BCUT2D eigenvalue weighted by Crippen LogP contribution is 2.29. The van der Waals surface area contributed by atoms with Crippen molar-refractivity contribution in [3.63, 3.8) is 0 Å². The number of alkyl halides is 2. The van der Waals surface area contributed by atoms with E-state index in [4.69, 9.17) is 0 Å². The van der Waals surface area contributed by atoms with Crippen molar-refractivity contribution in [3.8, 4) is 0 Å². The summed E-state index contributed by atoms with van der Waals surface area (Å²) in [4.78, 5) is 5.74. The molecule has 1 saturated heterocycles. The molecule has 0 aromatic carbocycles. The molecule has 0 unspecified atom stereocenters. The molecule has 1 aromatic rings. The van der Waals surface area contributed by atoms with Gasteiger partial charge in [-0.2, -0.15) is 0 Å². The van der Waals surface area contributed by atoms with Gasteiger partial charge >= 0.3 is 0 Å². The van der Waals surface area contributed by atoms with Crippen LogP contribution >= 0.6 is 0 Å². The highest BCUT2D eigenvalue weighted by Gasteiger charge is 2.38. The van der Waals surface area contributed by atoms with Crippen LogP contribution in [-0.2, 0) is 0 Å². The van der Waals surface area contributed by atoms with Crippen molar-refractivity contribution in [3.05, 3.63) is 23.9 Å². The summed E-state index contributed by atoms with van der Waals surface area (Å²) in [5.74, 6) is -1.90. The maximum atomic E-state index is 12.9. The van der Waals surface area contributed by atoms with E-state index in [0.717, 1.165) is 5.56 Å². The van der Waals surface area contributed by atoms with Crippen molar-refractivity contribution in [1.29, 1.82) is 0 Å². The lowest BCUT2D eigenvalue weighted by Crippen LogP contribution is -2.25. The molecular weight excluding hydrogens is 186 g/mol. The van der Waals surface area contributed by atoms with Crippen LogP contribution in [0.5, 0.6) is 0 Å². The van der Waals surface area contributed by atoms with Gasteiger partial charge in [0, 0.05) is 19.2 Å². The summed E-state index contributed by atoms with van der Waals surface area (Å²) in [6.45, 7) is 2.11. The van der Waals surface area contributed by atoms with E-state index in [1.54, 1.807) is 17.2 Å². The van der Waals surface area contributed by atoms with Gasteiger partial charge in [0.1, 0.15) is 5.82 Å².